The van der Waals surface area contributed by atoms with Gasteiger partial charge in [-0.2, -0.15) is 0 Å². The van der Waals surface area contributed by atoms with Crippen LogP contribution in [0.3, 0.4) is 0 Å². The third-order valence-electron chi connectivity index (χ3n) is 3.14. The van der Waals surface area contributed by atoms with Crippen molar-refractivity contribution in [3.8, 4) is 5.75 Å². The SMILES string of the molecule is CC(C)(c1ccccc1)c1c(O)cccc1S. The second-order valence-corrected chi connectivity index (χ2v) is 5.14. The first-order valence-electron chi connectivity index (χ1n) is 5.60. The van der Waals surface area contributed by atoms with Crippen LogP contribution >= 0.6 is 12.6 Å². The standard InChI is InChI=1S/C15H16OS/c1-15(2,11-7-4-3-5-8-11)14-12(16)9-6-10-13(14)17/h3-10,16-17H,1-2H3. The van der Waals surface area contributed by atoms with Crippen molar-refractivity contribution in [3.05, 3.63) is 59.7 Å². The molecule has 2 aromatic carbocycles. The van der Waals surface area contributed by atoms with E-state index in [1.165, 1.54) is 0 Å². The maximum absolute atomic E-state index is 10.0. The molecule has 2 rings (SSSR count). The number of aromatic hydroxyl groups is 1. The molecule has 0 bridgehead atoms. The van der Waals surface area contributed by atoms with Crippen molar-refractivity contribution in [2.45, 2.75) is 24.2 Å². The van der Waals surface area contributed by atoms with Crippen molar-refractivity contribution in [2.24, 2.45) is 0 Å². The predicted molar refractivity (Wildman–Crippen MR) is 73.9 cm³/mol. The number of thiol groups is 1. The summed E-state index contributed by atoms with van der Waals surface area (Å²) in [6, 6.07) is 15.6. The summed E-state index contributed by atoms with van der Waals surface area (Å²) in [5.41, 5.74) is 1.77. The molecule has 0 aliphatic heterocycles. The van der Waals surface area contributed by atoms with E-state index < -0.39 is 0 Å². The van der Waals surface area contributed by atoms with Crippen molar-refractivity contribution in [1.82, 2.24) is 0 Å². The Labute approximate surface area is 108 Å². The van der Waals surface area contributed by atoms with Crippen molar-refractivity contribution in [2.75, 3.05) is 0 Å². The molecule has 0 radical (unpaired) electrons. The smallest absolute Gasteiger partial charge is 0.120 e. The van der Waals surface area contributed by atoms with Gasteiger partial charge in [-0.3, -0.25) is 0 Å². The summed E-state index contributed by atoms with van der Waals surface area (Å²) in [7, 11) is 0. The number of benzene rings is 2. The van der Waals surface area contributed by atoms with Crippen molar-refractivity contribution < 1.29 is 5.11 Å². The van der Waals surface area contributed by atoms with Crippen LogP contribution in [0.25, 0.3) is 0 Å². The van der Waals surface area contributed by atoms with Gasteiger partial charge in [0.1, 0.15) is 5.75 Å². The zero-order valence-electron chi connectivity index (χ0n) is 10.0. The third-order valence-corrected chi connectivity index (χ3v) is 3.51. The van der Waals surface area contributed by atoms with Gasteiger partial charge in [0, 0.05) is 15.9 Å². The number of hydrogen-bond donors (Lipinski definition) is 2. The number of hydrogen-bond acceptors (Lipinski definition) is 2. The maximum atomic E-state index is 10.0. The van der Waals surface area contributed by atoms with Crippen molar-refractivity contribution in [1.29, 1.82) is 0 Å². The zero-order valence-corrected chi connectivity index (χ0v) is 10.9. The Morgan fingerprint density at radius 3 is 2.18 bits per heavy atom. The summed E-state index contributed by atoms with van der Waals surface area (Å²) in [6.07, 6.45) is 0. The Kier molecular flexibility index (Phi) is 3.16. The van der Waals surface area contributed by atoms with Gasteiger partial charge in [-0.15, -0.1) is 12.6 Å². The fraction of sp³-hybridized carbons (Fsp3) is 0.200. The summed E-state index contributed by atoms with van der Waals surface area (Å²) in [4.78, 5) is 0.818. The van der Waals surface area contributed by atoms with Crippen LogP contribution < -0.4 is 0 Å². The Morgan fingerprint density at radius 2 is 1.59 bits per heavy atom. The van der Waals surface area contributed by atoms with Crippen LogP contribution in [0.15, 0.2) is 53.4 Å². The van der Waals surface area contributed by atoms with E-state index in [9.17, 15) is 5.11 Å². The molecule has 2 heteroatoms. The van der Waals surface area contributed by atoms with Crippen LogP contribution in [0.4, 0.5) is 0 Å². The largest absolute Gasteiger partial charge is 0.508 e. The molecule has 0 spiro atoms. The molecule has 0 saturated heterocycles. The van der Waals surface area contributed by atoms with Crippen LogP contribution in [-0.2, 0) is 5.41 Å². The molecule has 0 aliphatic carbocycles. The van der Waals surface area contributed by atoms with Crippen LogP contribution in [0.2, 0.25) is 0 Å². The van der Waals surface area contributed by atoms with Crippen LogP contribution in [0.1, 0.15) is 25.0 Å². The summed E-state index contributed by atoms with van der Waals surface area (Å²) >= 11 is 4.45. The Balaban J connectivity index is 2.60. The molecule has 0 heterocycles. The van der Waals surface area contributed by atoms with Crippen molar-refractivity contribution >= 4 is 12.6 Å². The summed E-state index contributed by atoms with van der Waals surface area (Å²) in [5.74, 6) is 0.298. The molecule has 0 unspecified atom stereocenters. The van der Waals surface area contributed by atoms with Crippen LogP contribution in [-0.4, -0.2) is 5.11 Å². The lowest BCUT2D eigenvalue weighted by Crippen LogP contribution is -2.19. The Bertz CT molecular complexity index is 497. The molecule has 88 valence electrons. The van der Waals surface area contributed by atoms with Gasteiger partial charge in [0.2, 0.25) is 0 Å². The first-order chi connectivity index (χ1) is 8.03. The van der Waals surface area contributed by atoms with Gasteiger partial charge < -0.3 is 5.11 Å². The fourth-order valence-corrected chi connectivity index (χ4v) is 2.65. The molecular weight excluding hydrogens is 228 g/mol. The van der Waals surface area contributed by atoms with Gasteiger partial charge in [-0.1, -0.05) is 50.2 Å². The Hall–Kier alpha value is -1.41. The van der Waals surface area contributed by atoms with E-state index in [1.807, 2.05) is 30.3 Å². The molecule has 0 aliphatic rings. The minimum atomic E-state index is -0.260. The van der Waals surface area contributed by atoms with E-state index in [-0.39, 0.29) is 5.41 Å². The van der Waals surface area contributed by atoms with Crippen LogP contribution in [0, 0.1) is 0 Å². The molecule has 0 atom stereocenters. The highest BCUT2D eigenvalue weighted by molar-refractivity contribution is 7.80. The molecule has 0 aromatic heterocycles. The predicted octanol–water partition coefficient (Wildman–Crippen LogP) is 4.01. The maximum Gasteiger partial charge on any atom is 0.120 e. The average Bonchev–Trinajstić information content (AvgIpc) is 2.29. The second-order valence-electron chi connectivity index (χ2n) is 4.66. The lowest BCUT2D eigenvalue weighted by atomic mass is 9.77. The summed E-state index contributed by atoms with van der Waals surface area (Å²) < 4.78 is 0. The van der Waals surface area contributed by atoms with Crippen LogP contribution in [0.5, 0.6) is 5.75 Å². The minimum absolute atomic E-state index is 0.260. The summed E-state index contributed by atoms with van der Waals surface area (Å²) in [6.45, 7) is 4.19. The highest BCUT2D eigenvalue weighted by Crippen LogP contribution is 2.40. The molecule has 17 heavy (non-hydrogen) atoms. The van der Waals surface area contributed by atoms with Gasteiger partial charge >= 0.3 is 0 Å². The zero-order chi connectivity index (χ0) is 12.5. The van der Waals surface area contributed by atoms with Crippen molar-refractivity contribution in [3.63, 3.8) is 0 Å². The lowest BCUT2D eigenvalue weighted by molar-refractivity contribution is 0.449. The van der Waals surface area contributed by atoms with E-state index >= 15 is 0 Å². The minimum Gasteiger partial charge on any atom is -0.508 e. The van der Waals surface area contributed by atoms with E-state index in [1.54, 1.807) is 6.07 Å². The lowest BCUT2D eigenvalue weighted by Gasteiger charge is -2.28. The van der Waals surface area contributed by atoms with Gasteiger partial charge in [-0.25, -0.2) is 0 Å². The van der Waals surface area contributed by atoms with E-state index in [4.69, 9.17) is 0 Å². The first kappa shape index (κ1) is 12.1. The molecule has 2 aromatic rings. The van der Waals surface area contributed by atoms with Gasteiger partial charge in [-0.05, 0) is 17.7 Å². The third kappa shape index (κ3) is 2.18. The molecule has 1 nitrogen and oxygen atoms in total. The first-order valence-corrected chi connectivity index (χ1v) is 6.05. The number of rotatable bonds is 2. The van der Waals surface area contributed by atoms with E-state index in [0.29, 0.717) is 5.75 Å². The van der Waals surface area contributed by atoms with E-state index in [2.05, 4.69) is 38.6 Å². The number of phenolic OH excluding ortho intramolecular Hbond substituents is 1. The number of phenols is 1. The molecule has 0 amide bonds. The van der Waals surface area contributed by atoms with Gasteiger partial charge in [0.05, 0.1) is 0 Å². The molecule has 0 fully saturated rings. The average molecular weight is 244 g/mol. The second kappa shape index (κ2) is 4.46. The highest BCUT2D eigenvalue weighted by atomic mass is 32.1. The fourth-order valence-electron chi connectivity index (χ4n) is 2.17. The van der Waals surface area contributed by atoms with Gasteiger partial charge in [0.15, 0.2) is 0 Å². The molecule has 1 N–H and O–H groups in total. The van der Waals surface area contributed by atoms with Gasteiger partial charge in [0.25, 0.3) is 0 Å². The molecule has 0 saturated carbocycles. The monoisotopic (exact) mass is 244 g/mol. The summed E-state index contributed by atoms with van der Waals surface area (Å²) in [5, 5.41) is 10.0. The normalized spacial score (nSPS) is 11.5. The Morgan fingerprint density at radius 1 is 0.941 bits per heavy atom. The topological polar surface area (TPSA) is 20.2 Å². The highest BCUT2D eigenvalue weighted by Gasteiger charge is 2.27. The van der Waals surface area contributed by atoms with E-state index in [0.717, 1.165) is 16.0 Å². The molecular formula is C15H16OS. The quantitative estimate of drug-likeness (QED) is 0.765.